The zero-order valence-corrected chi connectivity index (χ0v) is 18.5. The topological polar surface area (TPSA) is 117 Å². The first kappa shape index (κ1) is 23.8. The lowest BCUT2D eigenvalue weighted by Gasteiger charge is -2.32. The minimum Gasteiger partial charge on any atom is -0.484 e. The van der Waals surface area contributed by atoms with E-state index in [9.17, 15) is 19.2 Å². The van der Waals surface area contributed by atoms with Crippen molar-refractivity contribution in [1.82, 2.24) is 10.2 Å². The lowest BCUT2D eigenvalue weighted by Crippen LogP contribution is -2.44. The van der Waals surface area contributed by atoms with Crippen LogP contribution in [0.4, 0.5) is 11.4 Å². The number of para-hydroxylation sites is 1. The molecule has 3 rings (SSSR count). The summed E-state index contributed by atoms with van der Waals surface area (Å²) in [5, 5.41) is 7.82. The maximum atomic E-state index is 12.3. The number of likely N-dealkylation sites (tertiary alicyclic amines) is 1. The van der Waals surface area contributed by atoms with Crippen LogP contribution in [0.25, 0.3) is 0 Å². The van der Waals surface area contributed by atoms with E-state index in [1.54, 1.807) is 41.3 Å². The molecule has 9 nitrogen and oxygen atoms in total. The minimum atomic E-state index is -0.757. The van der Waals surface area contributed by atoms with E-state index in [4.69, 9.17) is 4.74 Å². The van der Waals surface area contributed by atoms with Gasteiger partial charge in [-0.25, -0.2) is 0 Å². The zero-order chi connectivity index (χ0) is 23.6. The molecule has 0 aromatic heterocycles. The summed E-state index contributed by atoms with van der Waals surface area (Å²) >= 11 is 0. The monoisotopic (exact) mass is 452 g/mol. The highest BCUT2D eigenvalue weighted by Gasteiger charge is 2.24. The third kappa shape index (κ3) is 7.64. The zero-order valence-electron chi connectivity index (χ0n) is 18.5. The molecule has 1 saturated heterocycles. The van der Waals surface area contributed by atoms with Gasteiger partial charge in [0.05, 0.1) is 0 Å². The normalized spacial score (nSPS) is 13.7. The molecule has 0 radical (unpaired) electrons. The van der Waals surface area contributed by atoms with Crippen molar-refractivity contribution >= 4 is 35.0 Å². The maximum Gasteiger partial charge on any atom is 0.313 e. The fraction of sp³-hybridized carbons (Fsp3) is 0.333. The summed E-state index contributed by atoms with van der Waals surface area (Å²) in [6.45, 7) is 2.95. The largest absolute Gasteiger partial charge is 0.484 e. The Balaban J connectivity index is 1.35. The fourth-order valence-electron chi connectivity index (χ4n) is 3.48. The van der Waals surface area contributed by atoms with Gasteiger partial charge in [0.1, 0.15) is 5.75 Å². The molecule has 4 amide bonds. The van der Waals surface area contributed by atoms with E-state index >= 15 is 0 Å². The number of amides is 4. The molecule has 2 aromatic carbocycles. The third-order valence-electron chi connectivity index (χ3n) is 5.29. The molecule has 0 bridgehead atoms. The number of rotatable bonds is 7. The lowest BCUT2D eigenvalue weighted by molar-refractivity contribution is -0.136. The predicted molar refractivity (Wildman–Crippen MR) is 124 cm³/mol. The quantitative estimate of drug-likeness (QED) is 0.556. The second kappa shape index (κ2) is 11.7. The number of hydrogen-bond acceptors (Lipinski definition) is 5. The fourth-order valence-corrected chi connectivity index (χ4v) is 3.48. The number of anilines is 2. The molecule has 1 aliphatic rings. The number of carbonyl (C=O) groups excluding carboxylic acids is 4. The number of hydrogen-bond donors (Lipinski definition) is 3. The van der Waals surface area contributed by atoms with Gasteiger partial charge in [-0.05, 0) is 55.2 Å². The first-order valence-corrected chi connectivity index (χ1v) is 10.8. The Labute approximate surface area is 192 Å². The van der Waals surface area contributed by atoms with Crippen LogP contribution in [-0.2, 0) is 19.2 Å². The Kier molecular flexibility index (Phi) is 8.40. The Hall–Kier alpha value is -3.88. The molecule has 0 saturated carbocycles. The van der Waals surface area contributed by atoms with Crippen LogP contribution in [0.1, 0.15) is 19.8 Å². The Morgan fingerprint density at radius 2 is 1.48 bits per heavy atom. The van der Waals surface area contributed by atoms with E-state index in [-0.39, 0.29) is 24.3 Å². The van der Waals surface area contributed by atoms with E-state index < -0.39 is 11.8 Å². The molecular weight excluding hydrogens is 424 g/mol. The molecule has 0 atom stereocenters. The predicted octanol–water partition coefficient (Wildman–Crippen LogP) is 2.02. The SMILES string of the molecule is CC(=O)Nc1ccc(NC(=O)C(=O)NCC2CCN(C(=O)COc3ccccc3)CC2)cc1. The van der Waals surface area contributed by atoms with E-state index in [1.807, 2.05) is 18.2 Å². The molecule has 33 heavy (non-hydrogen) atoms. The summed E-state index contributed by atoms with van der Waals surface area (Å²) < 4.78 is 5.51. The van der Waals surface area contributed by atoms with Crippen LogP contribution in [0.2, 0.25) is 0 Å². The highest BCUT2D eigenvalue weighted by atomic mass is 16.5. The van der Waals surface area contributed by atoms with Crippen molar-refractivity contribution < 1.29 is 23.9 Å². The van der Waals surface area contributed by atoms with Gasteiger partial charge in [0.2, 0.25) is 5.91 Å². The van der Waals surface area contributed by atoms with Crippen LogP contribution in [0, 0.1) is 5.92 Å². The van der Waals surface area contributed by atoms with Crippen molar-refractivity contribution in [1.29, 1.82) is 0 Å². The van der Waals surface area contributed by atoms with Crippen LogP contribution in [-0.4, -0.2) is 54.8 Å². The van der Waals surface area contributed by atoms with Crippen molar-refractivity contribution in [3.05, 3.63) is 54.6 Å². The first-order chi connectivity index (χ1) is 15.9. The van der Waals surface area contributed by atoms with Gasteiger partial charge in [-0.15, -0.1) is 0 Å². The van der Waals surface area contributed by atoms with Gasteiger partial charge in [0.15, 0.2) is 6.61 Å². The molecular formula is C24H28N4O5. The molecule has 174 valence electrons. The Bertz CT molecular complexity index is 970. The highest BCUT2D eigenvalue weighted by Crippen LogP contribution is 2.17. The molecule has 2 aromatic rings. The lowest BCUT2D eigenvalue weighted by atomic mass is 9.96. The van der Waals surface area contributed by atoms with Crippen LogP contribution in [0.15, 0.2) is 54.6 Å². The molecule has 0 unspecified atom stereocenters. The van der Waals surface area contributed by atoms with Gasteiger partial charge < -0.3 is 25.6 Å². The Morgan fingerprint density at radius 3 is 2.09 bits per heavy atom. The van der Waals surface area contributed by atoms with Gasteiger partial charge in [-0.1, -0.05) is 18.2 Å². The van der Waals surface area contributed by atoms with E-state index in [2.05, 4.69) is 16.0 Å². The van der Waals surface area contributed by atoms with Crippen molar-refractivity contribution in [2.24, 2.45) is 5.92 Å². The van der Waals surface area contributed by atoms with E-state index in [0.29, 0.717) is 36.8 Å². The average molecular weight is 453 g/mol. The van der Waals surface area contributed by atoms with E-state index in [1.165, 1.54) is 6.92 Å². The van der Waals surface area contributed by atoms with Gasteiger partial charge in [0, 0.05) is 37.9 Å². The number of benzene rings is 2. The number of nitrogens with one attached hydrogen (secondary N) is 3. The van der Waals surface area contributed by atoms with Crippen molar-refractivity contribution in [3.63, 3.8) is 0 Å². The molecule has 0 aliphatic carbocycles. The minimum absolute atomic E-state index is 0.00260. The summed E-state index contributed by atoms with van der Waals surface area (Å²) in [4.78, 5) is 49.4. The van der Waals surface area contributed by atoms with Crippen molar-refractivity contribution in [2.45, 2.75) is 19.8 Å². The summed E-state index contributed by atoms with van der Waals surface area (Å²) in [6, 6.07) is 15.7. The number of nitrogens with zero attached hydrogens (tertiary/aromatic N) is 1. The van der Waals surface area contributed by atoms with Gasteiger partial charge in [-0.3, -0.25) is 19.2 Å². The smallest absolute Gasteiger partial charge is 0.313 e. The second-order valence-electron chi connectivity index (χ2n) is 7.85. The van der Waals surface area contributed by atoms with Crippen molar-refractivity contribution in [2.75, 3.05) is 36.9 Å². The molecule has 1 heterocycles. The summed E-state index contributed by atoms with van der Waals surface area (Å²) in [5.41, 5.74) is 1.05. The van der Waals surface area contributed by atoms with Crippen LogP contribution < -0.4 is 20.7 Å². The van der Waals surface area contributed by atoms with Crippen LogP contribution >= 0.6 is 0 Å². The molecule has 1 fully saturated rings. The summed E-state index contributed by atoms with van der Waals surface area (Å²) in [5.74, 6) is -0.876. The second-order valence-corrected chi connectivity index (χ2v) is 7.85. The van der Waals surface area contributed by atoms with Crippen LogP contribution in [0.3, 0.4) is 0 Å². The molecule has 3 N–H and O–H groups in total. The third-order valence-corrected chi connectivity index (χ3v) is 5.29. The summed E-state index contributed by atoms with van der Waals surface area (Å²) in [7, 11) is 0. The molecule has 9 heteroatoms. The van der Waals surface area contributed by atoms with Crippen LogP contribution in [0.5, 0.6) is 5.75 Å². The molecule has 1 aliphatic heterocycles. The van der Waals surface area contributed by atoms with Gasteiger partial charge in [-0.2, -0.15) is 0 Å². The van der Waals surface area contributed by atoms with Gasteiger partial charge in [0.25, 0.3) is 5.91 Å². The Morgan fingerprint density at radius 1 is 0.879 bits per heavy atom. The van der Waals surface area contributed by atoms with Gasteiger partial charge >= 0.3 is 11.8 Å². The number of carbonyl (C=O) groups is 4. The highest BCUT2D eigenvalue weighted by molar-refractivity contribution is 6.39. The number of ether oxygens (including phenoxy) is 1. The van der Waals surface area contributed by atoms with E-state index in [0.717, 1.165) is 12.8 Å². The summed E-state index contributed by atoms with van der Waals surface area (Å²) in [6.07, 6.45) is 1.48. The average Bonchev–Trinajstić information content (AvgIpc) is 2.83. The maximum absolute atomic E-state index is 12.3. The number of piperidine rings is 1. The van der Waals surface area contributed by atoms with Crippen molar-refractivity contribution in [3.8, 4) is 5.75 Å². The molecule has 0 spiro atoms. The first-order valence-electron chi connectivity index (χ1n) is 10.8. The standard InChI is InChI=1S/C24H28N4O5/c1-17(29)26-19-7-9-20(10-8-19)27-24(32)23(31)25-15-18-11-13-28(14-12-18)22(30)16-33-21-5-3-2-4-6-21/h2-10,18H,11-16H2,1H3,(H,25,31)(H,26,29)(H,27,32).